The minimum atomic E-state index is -0.266. The van der Waals surface area contributed by atoms with Crippen LogP contribution in [0, 0.1) is 0 Å². The molecule has 5 heteroatoms. The number of fused-ring (bicyclic) bond motifs is 1. The Morgan fingerprint density at radius 3 is 2.55 bits per heavy atom. The van der Waals surface area contributed by atoms with E-state index in [1.807, 2.05) is 18.2 Å². The molecule has 2 aromatic carbocycles. The molecule has 0 unspecified atom stereocenters. The molecule has 0 aliphatic carbocycles. The molecule has 4 N–H and O–H groups in total. The highest BCUT2D eigenvalue weighted by Crippen LogP contribution is 2.29. The minimum Gasteiger partial charge on any atom is -0.508 e. The van der Waals surface area contributed by atoms with Crippen LogP contribution in [0.1, 0.15) is 21.5 Å². The number of rotatable bonds is 1. The smallest absolute Gasteiger partial charge is 0.258 e. The average molecular weight is 270 g/mol. The maximum Gasteiger partial charge on any atom is 0.258 e. The van der Waals surface area contributed by atoms with Gasteiger partial charge in [0.05, 0.1) is 5.56 Å². The summed E-state index contributed by atoms with van der Waals surface area (Å²) < 4.78 is 0. The number of phenols is 2. The molecule has 3 rings (SSSR count). The molecule has 1 aliphatic rings. The molecule has 0 saturated carbocycles. The lowest BCUT2D eigenvalue weighted by molar-refractivity contribution is 0.0748. The highest BCUT2D eigenvalue weighted by atomic mass is 16.3. The summed E-state index contributed by atoms with van der Waals surface area (Å²) in [6, 6.07) is 9.55. The van der Waals surface area contributed by atoms with Crippen LogP contribution in [0.3, 0.4) is 0 Å². The number of amides is 1. The van der Waals surface area contributed by atoms with Gasteiger partial charge < -0.3 is 20.8 Å². The SMILES string of the molecule is Nc1ccc2c(c1)CN(C(=O)c1ccc(O)cc1O)C2. The summed E-state index contributed by atoms with van der Waals surface area (Å²) in [5.74, 6) is -0.556. The van der Waals surface area contributed by atoms with Gasteiger partial charge in [0.2, 0.25) is 0 Å². The van der Waals surface area contributed by atoms with Crippen molar-refractivity contribution in [2.24, 2.45) is 0 Å². The first-order valence-electron chi connectivity index (χ1n) is 6.23. The van der Waals surface area contributed by atoms with Crippen LogP contribution in [-0.4, -0.2) is 21.0 Å². The highest BCUT2D eigenvalue weighted by molar-refractivity contribution is 5.97. The second-order valence-corrected chi connectivity index (χ2v) is 4.89. The van der Waals surface area contributed by atoms with Crippen LogP contribution in [0.15, 0.2) is 36.4 Å². The zero-order chi connectivity index (χ0) is 14.3. The topological polar surface area (TPSA) is 86.8 Å². The lowest BCUT2D eigenvalue weighted by Crippen LogP contribution is -2.25. The number of hydrogen-bond donors (Lipinski definition) is 3. The second-order valence-electron chi connectivity index (χ2n) is 4.89. The van der Waals surface area contributed by atoms with Gasteiger partial charge in [-0.1, -0.05) is 6.07 Å². The molecule has 1 heterocycles. The van der Waals surface area contributed by atoms with E-state index in [4.69, 9.17) is 5.73 Å². The molecular formula is C15H14N2O3. The van der Waals surface area contributed by atoms with Gasteiger partial charge in [0, 0.05) is 24.8 Å². The van der Waals surface area contributed by atoms with E-state index in [9.17, 15) is 15.0 Å². The third-order valence-corrected chi connectivity index (χ3v) is 3.45. The quantitative estimate of drug-likeness (QED) is 0.690. The molecule has 0 aromatic heterocycles. The Balaban J connectivity index is 1.87. The van der Waals surface area contributed by atoms with Crippen LogP contribution in [0.4, 0.5) is 5.69 Å². The van der Waals surface area contributed by atoms with Crippen molar-refractivity contribution in [3.05, 3.63) is 53.1 Å². The van der Waals surface area contributed by atoms with Crippen LogP contribution >= 0.6 is 0 Å². The number of anilines is 1. The van der Waals surface area contributed by atoms with Crippen molar-refractivity contribution < 1.29 is 15.0 Å². The van der Waals surface area contributed by atoms with E-state index in [1.165, 1.54) is 12.1 Å². The molecule has 0 fully saturated rings. The zero-order valence-electron chi connectivity index (χ0n) is 10.7. The summed E-state index contributed by atoms with van der Waals surface area (Å²) in [4.78, 5) is 14.0. The zero-order valence-corrected chi connectivity index (χ0v) is 10.7. The van der Waals surface area contributed by atoms with E-state index in [0.29, 0.717) is 18.8 Å². The molecule has 102 valence electrons. The van der Waals surface area contributed by atoms with Gasteiger partial charge in [-0.2, -0.15) is 0 Å². The number of carbonyl (C=O) groups excluding carboxylic acids is 1. The van der Waals surface area contributed by atoms with Gasteiger partial charge in [0.15, 0.2) is 0 Å². The lowest BCUT2D eigenvalue weighted by Gasteiger charge is -2.16. The first kappa shape index (κ1) is 12.3. The molecule has 1 amide bonds. The van der Waals surface area contributed by atoms with Crippen molar-refractivity contribution in [3.63, 3.8) is 0 Å². The van der Waals surface area contributed by atoms with Gasteiger partial charge in [-0.15, -0.1) is 0 Å². The Hall–Kier alpha value is -2.69. The predicted octanol–water partition coefficient (Wildman–Crippen LogP) is 1.84. The molecule has 0 radical (unpaired) electrons. The maximum absolute atomic E-state index is 12.4. The second kappa shape index (κ2) is 4.45. The number of benzene rings is 2. The van der Waals surface area contributed by atoms with Crippen molar-refractivity contribution in [3.8, 4) is 11.5 Å². The van der Waals surface area contributed by atoms with Crippen molar-refractivity contribution >= 4 is 11.6 Å². The number of hydrogen-bond acceptors (Lipinski definition) is 4. The fraction of sp³-hybridized carbons (Fsp3) is 0.133. The van der Waals surface area contributed by atoms with E-state index >= 15 is 0 Å². The number of aromatic hydroxyl groups is 2. The van der Waals surface area contributed by atoms with Crippen LogP contribution in [0.5, 0.6) is 11.5 Å². The largest absolute Gasteiger partial charge is 0.508 e. The van der Waals surface area contributed by atoms with Crippen molar-refractivity contribution in [1.29, 1.82) is 0 Å². The Morgan fingerprint density at radius 2 is 1.80 bits per heavy atom. The number of nitrogen functional groups attached to an aromatic ring is 1. The van der Waals surface area contributed by atoms with Gasteiger partial charge >= 0.3 is 0 Å². The molecule has 0 saturated heterocycles. The van der Waals surface area contributed by atoms with Crippen molar-refractivity contribution in [1.82, 2.24) is 4.90 Å². The number of nitrogens with two attached hydrogens (primary N) is 1. The van der Waals surface area contributed by atoms with Gasteiger partial charge in [-0.05, 0) is 35.4 Å². The number of phenolic OH excluding ortho intramolecular Hbond substituents is 2. The van der Waals surface area contributed by atoms with E-state index < -0.39 is 0 Å². The fourth-order valence-corrected chi connectivity index (χ4v) is 2.43. The van der Waals surface area contributed by atoms with Crippen molar-refractivity contribution in [2.45, 2.75) is 13.1 Å². The van der Waals surface area contributed by atoms with E-state index in [0.717, 1.165) is 17.2 Å². The normalized spacial score (nSPS) is 13.3. The summed E-state index contributed by atoms with van der Waals surface area (Å²) >= 11 is 0. The molecule has 0 spiro atoms. The van der Waals surface area contributed by atoms with Crippen LogP contribution in [0.2, 0.25) is 0 Å². The third kappa shape index (κ3) is 2.03. The summed E-state index contributed by atoms with van der Waals surface area (Å²) in [7, 11) is 0. The Labute approximate surface area is 115 Å². The van der Waals surface area contributed by atoms with Crippen molar-refractivity contribution in [2.75, 3.05) is 5.73 Å². The van der Waals surface area contributed by atoms with Gasteiger partial charge in [0.1, 0.15) is 11.5 Å². The Bertz CT molecular complexity index is 698. The van der Waals surface area contributed by atoms with E-state index in [2.05, 4.69) is 0 Å². The number of nitrogens with zero attached hydrogens (tertiary/aromatic N) is 1. The molecule has 2 aromatic rings. The standard InChI is InChI=1S/C15H14N2O3/c16-11-2-1-9-7-17(8-10(9)5-11)15(20)13-4-3-12(18)6-14(13)19/h1-6,18-19H,7-8,16H2. The molecule has 20 heavy (non-hydrogen) atoms. The number of carbonyl (C=O) groups is 1. The van der Waals surface area contributed by atoms with Gasteiger partial charge in [0.25, 0.3) is 5.91 Å². The summed E-state index contributed by atoms with van der Waals surface area (Å²) in [6.07, 6.45) is 0. The fourth-order valence-electron chi connectivity index (χ4n) is 2.43. The van der Waals surface area contributed by atoms with Crippen LogP contribution in [-0.2, 0) is 13.1 Å². The maximum atomic E-state index is 12.4. The third-order valence-electron chi connectivity index (χ3n) is 3.45. The summed E-state index contributed by atoms with van der Waals surface area (Å²) in [6.45, 7) is 0.967. The Morgan fingerprint density at radius 1 is 1.05 bits per heavy atom. The molecule has 0 atom stereocenters. The van der Waals surface area contributed by atoms with E-state index in [1.54, 1.807) is 4.90 Å². The average Bonchev–Trinajstić information content (AvgIpc) is 2.81. The molecule has 5 nitrogen and oxygen atoms in total. The highest BCUT2D eigenvalue weighted by Gasteiger charge is 2.26. The first-order valence-corrected chi connectivity index (χ1v) is 6.23. The predicted molar refractivity (Wildman–Crippen MR) is 74.2 cm³/mol. The van der Waals surface area contributed by atoms with Crippen LogP contribution < -0.4 is 5.73 Å². The molecule has 1 aliphatic heterocycles. The lowest BCUT2D eigenvalue weighted by atomic mass is 10.1. The van der Waals surface area contributed by atoms with Gasteiger partial charge in [-0.25, -0.2) is 0 Å². The molecule has 0 bridgehead atoms. The Kier molecular flexibility index (Phi) is 2.75. The van der Waals surface area contributed by atoms with Crippen LogP contribution in [0.25, 0.3) is 0 Å². The summed E-state index contributed by atoms with van der Waals surface area (Å²) in [5, 5.41) is 19.0. The summed E-state index contributed by atoms with van der Waals surface area (Å²) in [5.41, 5.74) is 8.67. The molecular weight excluding hydrogens is 256 g/mol. The van der Waals surface area contributed by atoms with Gasteiger partial charge in [-0.3, -0.25) is 4.79 Å². The first-order chi connectivity index (χ1) is 9.54. The van der Waals surface area contributed by atoms with E-state index in [-0.39, 0.29) is 23.0 Å². The monoisotopic (exact) mass is 270 g/mol. The minimum absolute atomic E-state index is 0.0727.